The van der Waals surface area contributed by atoms with Gasteiger partial charge in [0.1, 0.15) is 33.7 Å². The Balaban J connectivity index is 0.000000176. The second-order valence-electron chi connectivity index (χ2n) is 23.8. The molecule has 1 saturated carbocycles. The SMILES string of the molecule is CN1C(=O)C2(CN(C(=O)OC(C)(C)C)C2)c2ccc(B3OC(C)(C)C(C)(C)O3)cc21.C[C@@H](Oc1nc(-c2ccc3c(c2)N(C)C(=O)C32CN(C(=O)OC(C)(C)C)C2)cc2ncn(C3CC3)c12)[C@H]1CNC(=O)C1. The number of carbonyl (C=O) groups is 5. The number of likely N-dealkylation sites (tertiary alicyclic amines) is 2. The van der Waals surface area contributed by atoms with Crippen LogP contribution in [-0.4, -0.2) is 137 Å². The van der Waals surface area contributed by atoms with Gasteiger partial charge in [-0.1, -0.05) is 24.3 Å². The highest BCUT2D eigenvalue weighted by atomic mass is 16.7. The molecule has 19 heteroatoms. The lowest BCUT2D eigenvalue weighted by Crippen LogP contribution is -2.65. The number of pyridine rings is 1. The summed E-state index contributed by atoms with van der Waals surface area (Å²) in [4.78, 5) is 79.7. The van der Waals surface area contributed by atoms with E-state index >= 15 is 0 Å². The Bertz CT molecular complexity index is 2910. The van der Waals surface area contributed by atoms with Crippen LogP contribution in [0.15, 0.2) is 48.8 Å². The largest absolute Gasteiger partial charge is 0.494 e. The summed E-state index contributed by atoms with van der Waals surface area (Å²) in [6, 6.07) is 14.2. The number of anilines is 2. The predicted octanol–water partition coefficient (Wildman–Crippen LogP) is 6.25. The van der Waals surface area contributed by atoms with Crippen molar-refractivity contribution in [3.63, 3.8) is 0 Å². The van der Waals surface area contributed by atoms with Crippen molar-refractivity contribution in [2.75, 3.05) is 56.6 Å². The normalized spacial score (nSPS) is 22.6. The summed E-state index contributed by atoms with van der Waals surface area (Å²) in [7, 11) is 3.07. The summed E-state index contributed by atoms with van der Waals surface area (Å²) in [5.74, 6) is 0.587. The molecule has 0 unspecified atom stereocenters. The summed E-state index contributed by atoms with van der Waals surface area (Å²) >= 11 is 0. The Hall–Kier alpha value is -6.21. The molecule has 7 aliphatic rings. The van der Waals surface area contributed by atoms with Gasteiger partial charge < -0.3 is 53.0 Å². The second kappa shape index (κ2) is 16.7. The van der Waals surface area contributed by atoms with Crippen molar-refractivity contribution in [3.05, 3.63) is 59.9 Å². The van der Waals surface area contributed by atoms with Crippen molar-refractivity contribution in [2.24, 2.45) is 5.92 Å². The summed E-state index contributed by atoms with van der Waals surface area (Å²) in [6.07, 6.45) is 3.49. The van der Waals surface area contributed by atoms with Crippen LogP contribution in [0.1, 0.15) is 113 Å². The molecule has 2 atom stereocenters. The smallest absolute Gasteiger partial charge is 0.473 e. The third-order valence-electron chi connectivity index (χ3n) is 15.6. The third-order valence-corrected chi connectivity index (χ3v) is 15.6. The zero-order valence-electron chi connectivity index (χ0n) is 43.8. The molecule has 11 rings (SSSR count). The zero-order chi connectivity index (χ0) is 51.8. The van der Waals surface area contributed by atoms with Gasteiger partial charge in [0.2, 0.25) is 23.6 Å². The molecule has 1 aliphatic carbocycles. The van der Waals surface area contributed by atoms with Crippen LogP contribution in [0.4, 0.5) is 21.0 Å². The van der Waals surface area contributed by atoms with E-state index in [1.165, 1.54) is 0 Å². The third kappa shape index (κ3) is 8.33. The van der Waals surface area contributed by atoms with Gasteiger partial charge in [0.05, 0.1) is 28.7 Å². The van der Waals surface area contributed by atoms with Gasteiger partial charge in [0.25, 0.3) is 0 Å². The number of imidazole rings is 1. The van der Waals surface area contributed by atoms with Gasteiger partial charge >= 0.3 is 19.3 Å². The van der Waals surface area contributed by atoms with Gasteiger partial charge in [0.15, 0.2) is 0 Å². The average Bonchev–Trinajstić information content (AvgIpc) is 3.56. The quantitative estimate of drug-likeness (QED) is 0.214. The average molecular weight is 987 g/mol. The maximum absolute atomic E-state index is 13.5. The number of hydrogen-bond acceptors (Lipinski definition) is 12. The van der Waals surface area contributed by atoms with E-state index in [0.29, 0.717) is 43.7 Å². The number of aromatic nitrogens is 3. The van der Waals surface area contributed by atoms with Gasteiger partial charge in [-0.3, -0.25) is 14.4 Å². The molecule has 0 radical (unpaired) electrons. The number of fused-ring (bicyclic) bond motifs is 5. The van der Waals surface area contributed by atoms with Crippen LogP contribution in [0.5, 0.6) is 5.88 Å². The minimum Gasteiger partial charge on any atom is -0.473 e. The Labute approximate surface area is 421 Å². The van der Waals surface area contributed by atoms with E-state index < -0.39 is 46.4 Å². The highest BCUT2D eigenvalue weighted by Crippen LogP contribution is 2.50. The molecular weight excluding hydrogens is 919 g/mol. The van der Waals surface area contributed by atoms with E-state index in [4.69, 9.17) is 33.5 Å². The Kier molecular flexibility index (Phi) is 11.4. The Morgan fingerprint density at radius 3 is 1.81 bits per heavy atom. The summed E-state index contributed by atoms with van der Waals surface area (Å²) < 4.78 is 31.9. The minimum atomic E-state index is -0.767. The fourth-order valence-electron chi connectivity index (χ4n) is 10.7. The van der Waals surface area contributed by atoms with E-state index in [1.807, 2.05) is 125 Å². The number of hydrogen-bond donors (Lipinski definition) is 1. The summed E-state index contributed by atoms with van der Waals surface area (Å²) in [5, 5.41) is 2.89. The standard InChI is InChI=1S/C31H36N6O5.C22H31BN2O5/c1-17(19-11-25(38)32-13-19)41-27-26-23(33-16-37(26)20-7-8-20)12-22(34-27)18-6-9-21-24(10-18)35(5)28(39)31(21)14-36(15-31)29(40)42-30(2,3)4;1-19(2,3)28-18(27)25-12-22(13-25)15-10-9-14(11-16(15)24(8)17(22)26)23-29-20(4,5)21(6,7)30-23/h6,9-10,12,16-17,19-20H,7-8,11,13-15H2,1-5H3,(H,32,38);9-11H,12-13H2,1-8H3/t17-,19-;/m1./s1. The molecule has 5 fully saturated rings. The van der Waals surface area contributed by atoms with E-state index in [1.54, 1.807) is 33.7 Å². The van der Waals surface area contributed by atoms with Crippen LogP contribution < -0.4 is 25.3 Å². The lowest BCUT2D eigenvalue weighted by atomic mass is 9.72. The molecule has 4 saturated heterocycles. The first kappa shape index (κ1) is 49.4. The lowest BCUT2D eigenvalue weighted by Gasteiger charge is -2.46. The molecule has 2 aromatic heterocycles. The van der Waals surface area contributed by atoms with Crippen LogP contribution in [0.2, 0.25) is 0 Å². The highest BCUT2D eigenvalue weighted by Gasteiger charge is 2.61. The highest BCUT2D eigenvalue weighted by molar-refractivity contribution is 6.62. The molecule has 5 amide bonds. The van der Waals surface area contributed by atoms with Crippen molar-refractivity contribution in [1.82, 2.24) is 29.7 Å². The molecule has 18 nitrogen and oxygen atoms in total. The molecule has 1 N–H and O–H groups in total. The topological polar surface area (TPSA) is 187 Å². The molecule has 8 heterocycles. The van der Waals surface area contributed by atoms with Crippen LogP contribution in [-0.2, 0) is 44.0 Å². The van der Waals surface area contributed by atoms with Crippen molar-refractivity contribution < 1.29 is 47.5 Å². The fraction of sp³-hybridized carbons (Fsp3) is 0.566. The summed E-state index contributed by atoms with van der Waals surface area (Å²) in [5.41, 5.74) is 4.08. The van der Waals surface area contributed by atoms with E-state index in [2.05, 4.69) is 9.88 Å². The molecule has 382 valence electrons. The van der Waals surface area contributed by atoms with Crippen molar-refractivity contribution >= 4 is 64.9 Å². The predicted molar refractivity (Wildman–Crippen MR) is 270 cm³/mol. The first-order valence-electron chi connectivity index (χ1n) is 25.1. The number of rotatable bonds is 6. The zero-order valence-corrected chi connectivity index (χ0v) is 43.8. The lowest BCUT2D eigenvalue weighted by molar-refractivity contribution is -0.129. The van der Waals surface area contributed by atoms with Gasteiger partial charge in [-0.25, -0.2) is 19.6 Å². The van der Waals surface area contributed by atoms with Crippen LogP contribution in [0, 0.1) is 5.92 Å². The number of nitrogens with one attached hydrogen (secondary N) is 1. The fourth-order valence-corrected chi connectivity index (χ4v) is 10.7. The maximum Gasteiger partial charge on any atom is 0.494 e. The minimum absolute atomic E-state index is 0.00313. The second-order valence-corrected chi connectivity index (χ2v) is 23.8. The number of likely N-dealkylation sites (N-methyl/N-ethyl adjacent to an activating group) is 2. The van der Waals surface area contributed by atoms with Crippen LogP contribution >= 0.6 is 0 Å². The van der Waals surface area contributed by atoms with Crippen LogP contribution in [0.3, 0.4) is 0 Å². The number of nitrogens with zero attached hydrogens (tertiary/aromatic N) is 7. The first-order valence-corrected chi connectivity index (χ1v) is 25.1. The van der Waals surface area contributed by atoms with Crippen LogP contribution in [0.25, 0.3) is 22.3 Å². The molecule has 4 aromatic rings. The Morgan fingerprint density at radius 1 is 0.778 bits per heavy atom. The maximum atomic E-state index is 13.5. The molecule has 6 aliphatic heterocycles. The van der Waals surface area contributed by atoms with Crippen molar-refractivity contribution in [1.29, 1.82) is 0 Å². The summed E-state index contributed by atoms with van der Waals surface area (Å²) in [6.45, 7) is 22.9. The number of ether oxygens (including phenoxy) is 3. The molecule has 72 heavy (non-hydrogen) atoms. The van der Waals surface area contributed by atoms with Gasteiger partial charge in [0, 0.05) is 82.1 Å². The molecule has 2 spiro atoms. The van der Waals surface area contributed by atoms with E-state index in [9.17, 15) is 24.0 Å². The van der Waals surface area contributed by atoms with Crippen molar-refractivity contribution in [2.45, 2.75) is 141 Å². The van der Waals surface area contributed by atoms with E-state index in [0.717, 1.165) is 57.4 Å². The molecular formula is C53H67BN8O10. The molecule has 0 bridgehead atoms. The monoisotopic (exact) mass is 987 g/mol. The molecule has 2 aromatic carbocycles. The number of benzene rings is 2. The first-order chi connectivity index (χ1) is 33.6. The number of amides is 5. The van der Waals surface area contributed by atoms with Gasteiger partial charge in [-0.05, 0) is 124 Å². The van der Waals surface area contributed by atoms with Gasteiger partial charge in [-0.15, -0.1) is 0 Å². The number of carbonyl (C=O) groups excluding carboxylic acids is 5. The van der Waals surface area contributed by atoms with E-state index in [-0.39, 0.29) is 48.9 Å². The van der Waals surface area contributed by atoms with Gasteiger partial charge in [-0.2, -0.15) is 0 Å². The van der Waals surface area contributed by atoms with Crippen molar-refractivity contribution in [3.8, 4) is 17.1 Å². The Morgan fingerprint density at radius 2 is 1.31 bits per heavy atom.